The van der Waals surface area contributed by atoms with Crippen LogP contribution in [-0.4, -0.2) is 33.7 Å². The van der Waals surface area contributed by atoms with Crippen molar-refractivity contribution in [3.8, 4) is 17.2 Å². The number of nitrogens with one attached hydrogen (secondary N) is 2. The van der Waals surface area contributed by atoms with Gasteiger partial charge in [-0.3, -0.25) is 4.79 Å². The van der Waals surface area contributed by atoms with Crippen LogP contribution in [0, 0.1) is 0 Å². The van der Waals surface area contributed by atoms with Gasteiger partial charge in [0, 0.05) is 30.9 Å². The summed E-state index contributed by atoms with van der Waals surface area (Å²) in [6.45, 7) is 18.1. The topological polar surface area (TPSA) is 97.6 Å². The van der Waals surface area contributed by atoms with Crippen LogP contribution in [0.25, 0.3) is 11.8 Å². The van der Waals surface area contributed by atoms with E-state index in [2.05, 4.69) is 22.7 Å². The number of hydrogen-bond donors (Lipinski definition) is 3. The summed E-state index contributed by atoms with van der Waals surface area (Å²) in [5.41, 5.74) is 2.26. The van der Waals surface area contributed by atoms with E-state index >= 15 is 0 Å². The molecular formula is C41H59FN4O4. The fourth-order valence-electron chi connectivity index (χ4n) is 5.50. The van der Waals surface area contributed by atoms with Crippen molar-refractivity contribution >= 4 is 23.5 Å². The number of anilines is 1. The Labute approximate surface area is 299 Å². The lowest BCUT2D eigenvalue weighted by Crippen LogP contribution is -2.24. The van der Waals surface area contributed by atoms with Gasteiger partial charge >= 0.3 is 0 Å². The molecule has 0 saturated carbocycles. The molecule has 9 heteroatoms. The number of amides is 1. The molecule has 2 heterocycles. The second-order valence-corrected chi connectivity index (χ2v) is 11.5. The van der Waals surface area contributed by atoms with Gasteiger partial charge < -0.3 is 25.2 Å². The first kappa shape index (κ1) is 41.8. The van der Waals surface area contributed by atoms with Gasteiger partial charge in [0.25, 0.3) is 5.91 Å². The summed E-state index contributed by atoms with van der Waals surface area (Å²) in [4.78, 5) is 13.6. The lowest BCUT2D eigenvalue weighted by molar-refractivity contribution is 0.0210. The standard InChI is InChI=1S/C37H47FN4O4.2C2H6/c1-6-10-17-33(41-36(43)32-25-40-42-22-13-21-39-35(32)42)30(14-8-3)31-24-29(18-19-34(31)45-26(5)38)46-28-16-12-15-27(23-28)37(44,9-4)20-11-7-2;2*1-2/h10,12-13,15-19,22-26,39,44H,6-9,11,14,20-21H2,1-5H3,(H,41,43);2*1-2H3/b17-10+,33-30-;;. The fourth-order valence-corrected chi connectivity index (χ4v) is 5.50. The second kappa shape index (κ2) is 21.7. The number of benzene rings is 2. The molecule has 1 aromatic heterocycles. The number of fused-ring (bicyclic) bond motifs is 1. The number of carbonyl (C=O) groups is 1. The average Bonchev–Trinajstić information content (AvgIpc) is 3.58. The van der Waals surface area contributed by atoms with Crippen LogP contribution < -0.4 is 20.1 Å². The highest BCUT2D eigenvalue weighted by atomic mass is 19.1. The highest BCUT2D eigenvalue weighted by molar-refractivity contribution is 6.01. The van der Waals surface area contributed by atoms with E-state index in [1.807, 2.05) is 103 Å². The lowest BCUT2D eigenvalue weighted by Gasteiger charge is -2.27. The Balaban J connectivity index is 0.00000209. The Hall–Kier alpha value is -4.37. The number of nitrogens with zero attached hydrogens (tertiary/aromatic N) is 2. The molecule has 1 aliphatic heterocycles. The van der Waals surface area contributed by atoms with Crippen LogP contribution in [0.4, 0.5) is 10.2 Å². The number of carbonyl (C=O) groups excluding carboxylic acids is 1. The largest absolute Gasteiger partial charge is 0.460 e. The van der Waals surface area contributed by atoms with Gasteiger partial charge in [0.05, 0.1) is 11.8 Å². The Morgan fingerprint density at radius 3 is 2.48 bits per heavy atom. The van der Waals surface area contributed by atoms with Crippen molar-refractivity contribution in [2.45, 2.75) is 119 Å². The number of unbranched alkanes of at least 4 members (excludes halogenated alkanes) is 1. The smallest absolute Gasteiger partial charge is 0.261 e. The molecule has 3 aromatic rings. The molecule has 8 nitrogen and oxygen atoms in total. The number of aliphatic hydroxyl groups is 1. The van der Waals surface area contributed by atoms with Crippen LogP contribution in [0.5, 0.6) is 17.2 Å². The third-order valence-electron chi connectivity index (χ3n) is 7.97. The Bertz CT molecular complexity index is 1580. The number of halogens is 1. The first-order chi connectivity index (χ1) is 24.2. The molecule has 0 radical (unpaired) electrons. The summed E-state index contributed by atoms with van der Waals surface area (Å²) < 4.78 is 27.9. The van der Waals surface area contributed by atoms with Crippen molar-refractivity contribution < 1.29 is 23.8 Å². The molecule has 3 N–H and O–H groups in total. The number of hydrogen-bond acceptors (Lipinski definition) is 6. The summed E-state index contributed by atoms with van der Waals surface area (Å²) in [7, 11) is 0. The molecular weight excluding hydrogens is 631 g/mol. The maximum atomic E-state index is 14.3. The van der Waals surface area contributed by atoms with Crippen molar-refractivity contribution in [2.24, 2.45) is 0 Å². The van der Waals surface area contributed by atoms with Crippen LogP contribution in [-0.2, 0) is 5.60 Å². The van der Waals surface area contributed by atoms with E-state index in [9.17, 15) is 14.3 Å². The monoisotopic (exact) mass is 690 g/mol. The maximum Gasteiger partial charge on any atom is 0.261 e. The maximum absolute atomic E-state index is 14.3. The quantitative estimate of drug-likeness (QED) is 0.129. The van der Waals surface area contributed by atoms with Crippen LogP contribution >= 0.6 is 0 Å². The normalized spacial score (nSPS) is 14.1. The molecule has 0 spiro atoms. The van der Waals surface area contributed by atoms with Crippen molar-refractivity contribution in [3.05, 3.63) is 89.3 Å². The molecule has 2 unspecified atom stereocenters. The number of aromatic nitrogens is 2. The van der Waals surface area contributed by atoms with Crippen LogP contribution in [0.15, 0.2) is 72.6 Å². The van der Waals surface area contributed by atoms with E-state index in [0.717, 1.165) is 36.8 Å². The summed E-state index contributed by atoms with van der Waals surface area (Å²) in [5, 5.41) is 22.0. The number of ether oxygens (including phenoxy) is 2. The molecule has 0 aliphatic carbocycles. The zero-order valence-electron chi connectivity index (χ0n) is 31.6. The Morgan fingerprint density at radius 2 is 1.82 bits per heavy atom. The minimum Gasteiger partial charge on any atom is -0.460 e. The number of rotatable bonds is 16. The van der Waals surface area contributed by atoms with Crippen LogP contribution in [0.2, 0.25) is 0 Å². The first-order valence-electron chi connectivity index (χ1n) is 18.4. The minimum absolute atomic E-state index is 0.314. The molecule has 0 fully saturated rings. The van der Waals surface area contributed by atoms with Crippen LogP contribution in [0.1, 0.15) is 129 Å². The van der Waals surface area contributed by atoms with E-state index in [4.69, 9.17) is 9.47 Å². The fraction of sp³-hybridized carbons (Fsp3) is 0.463. The van der Waals surface area contributed by atoms with Crippen molar-refractivity contribution in [2.75, 3.05) is 11.9 Å². The van der Waals surface area contributed by atoms with Gasteiger partial charge in [0.1, 0.15) is 28.6 Å². The number of alkyl halides is 1. The molecule has 50 heavy (non-hydrogen) atoms. The summed E-state index contributed by atoms with van der Waals surface area (Å²) in [6.07, 6.45) is 12.8. The molecule has 1 amide bonds. The molecule has 2 aromatic carbocycles. The van der Waals surface area contributed by atoms with Gasteiger partial charge in [0.15, 0.2) is 0 Å². The summed E-state index contributed by atoms with van der Waals surface area (Å²) >= 11 is 0. The van der Waals surface area contributed by atoms with E-state index < -0.39 is 12.0 Å². The highest BCUT2D eigenvalue weighted by Gasteiger charge is 2.27. The van der Waals surface area contributed by atoms with Gasteiger partial charge in [-0.15, -0.1) is 0 Å². The number of allylic oxidation sites excluding steroid dienone is 3. The van der Waals surface area contributed by atoms with E-state index in [-0.39, 0.29) is 5.91 Å². The zero-order valence-corrected chi connectivity index (χ0v) is 31.6. The molecule has 274 valence electrons. The zero-order chi connectivity index (χ0) is 37.1. The van der Waals surface area contributed by atoms with Gasteiger partial charge in [-0.1, -0.05) is 92.9 Å². The molecule has 0 bridgehead atoms. The van der Waals surface area contributed by atoms with E-state index in [1.54, 1.807) is 16.8 Å². The minimum atomic E-state index is -1.55. The van der Waals surface area contributed by atoms with E-state index in [1.165, 1.54) is 13.1 Å². The highest BCUT2D eigenvalue weighted by Crippen LogP contribution is 2.38. The summed E-state index contributed by atoms with van der Waals surface area (Å²) in [6, 6.07) is 12.8. The van der Waals surface area contributed by atoms with E-state index in [0.29, 0.717) is 65.7 Å². The van der Waals surface area contributed by atoms with Gasteiger partial charge in [-0.2, -0.15) is 5.10 Å². The Morgan fingerprint density at radius 1 is 1.08 bits per heavy atom. The van der Waals surface area contributed by atoms with Gasteiger partial charge in [-0.05, 0) is 79.3 Å². The van der Waals surface area contributed by atoms with Crippen molar-refractivity contribution in [1.29, 1.82) is 0 Å². The predicted octanol–water partition coefficient (Wildman–Crippen LogP) is 11.0. The third kappa shape index (κ3) is 11.3. The second-order valence-electron chi connectivity index (χ2n) is 11.5. The van der Waals surface area contributed by atoms with Crippen molar-refractivity contribution in [3.63, 3.8) is 0 Å². The molecule has 0 saturated heterocycles. The molecule has 2 atom stereocenters. The average molecular weight is 691 g/mol. The third-order valence-corrected chi connectivity index (χ3v) is 7.97. The van der Waals surface area contributed by atoms with Gasteiger partial charge in [0.2, 0.25) is 6.36 Å². The van der Waals surface area contributed by atoms with Crippen LogP contribution in [0.3, 0.4) is 0 Å². The lowest BCUT2D eigenvalue weighted by atomic mass is 9.86. The molecule has 1 aliphatic rings. The van der Waals surface area contributed by atoms with Gasteiger partial charge in [-0.25, -0.2) is 9.07 Å². The summed E-state index contributed by atoms with van der Waals surface area (Å²) in [5.74, 6) is 1.73. The van der Waals surface area contributed by atoms with Crippen molar-refractivity contribution in [1.82, 2.24) is 15.1 Å². The molecule has 4 rings (SSSR count). The SMILES string of the molecule is CC.CC.CC/C=C/C(NC(=O)c1cnn2c1NCC=C2)=C(\CCC)c1cc(Oc2cccc(C(O)(CC)CCCC)c2)ccc1OC(C)F. The Kier molecular flexibility index (Phi) is 18.1. The first-order valence-corrected chi connectivity index (χ1v) is 18.4. The predicted molar refractivity (Wildman–Crippen MR) is 205 cm³/mol.